The van der Waals surface area contributed by atoms with Gasteiger partial charge in [0.1, 0.15) is 9.84 Å². The maximum Gasteiger partial charge on any atom is 0.148 e. The van der Waals surface area contributed by atoms with E-state index < -0.39 is 20.6 Å². The largest absolute Gasteiger partial charge is 0.314 e. The van der Waals surface area contributed by atoms with E-state index in [-0.39, 0.29) is 5.75 Å². The fourth-order valence-electron chi connectivity index (χ4n) is 2.61. The maximum absolute atomic E-state index is 11.8. The van der Waals surface area contributed by atoms with E-state index in [1.54, 1.807) is 0 Å². The first kappa shape index (κ1) is 17.1. The topological polar surface area (TPSA) is 63.2 Å². The van der Waals surface area contributed by atoms with Gasteiger partial charge in [-0.2, -0.15) is 0 Å². The molecule has 1 aliphatic rings. The van der Waals surface area contributed by atoms with Crippen LogP contribution in [0.1, 0.15) is 39.0 Å². The zero-order valence-corrected chi connectivity index (χ0v) is 13.7. The first-order valence-electron chi connectivity index (χ1n) is 7.18. The van der Waals surface area contributed by atoms with Crippen LogP contribution in [0.4, 0.5) is 0 Å². The van der Waals surface area contributed by atoms with Gasteiger partial charge in [0.25, 0.3) is 0 Å². The standard InChI is InChI=1S/C13H27NO3S2/c1-3-8-14-13-6-4-5-12(13)7-9-18(15)10-11-19(2,16)17/h12-14H,3-11H2,1-2H3. The lowest BCUT2D eigenvalue weighted by Crippen LogP contribution is -2.33. The molecule has 1 rings (SSSR count). The van der Waals surface area contributed by atoms with Gasteiger partial charge in [0.2, 0.25) is 0 Å². The van der Waals surface area contributed by atoms with E-state index in [4.69, 9.17) is 0 Å². The lowest BCUT2D eigenvalue weighted by Gasteiger charge is -2.20. The summed E-state index contributed by atoms with van der Waals surface area (Å²) in [6.45, 7) is 3.22. The molecule has 1 fully saturated rings. The predicted octanol–water partition coefficient (Wildman–Crippen LogP) is 1.34. The van der Waals surface area contributed by atoms with Gasteiger partial charge in [0, 0.05) is 34.6 Å². The van der Waals surface area contributed by atoms with Crippen LogP contribution in [0.2, 0.25) is 0 Å². The van der Waals surface area contributed by atoms with E-state index in [1.807, 2.05) is 0 Å². The molecule has 0 radical (unpaired) electrons. The Morgan fingerprint density at radius 3 is 2.63 bits per heavy atom. The fourth-order valence-corrected chi connectivity index (χ4v) is 5.33. The first-order chi connectivity index (χ1) is 8.92. The number of hydrogen-bond donors (Lipinski definition) is 1. The molecule has 0 amide bonds. The minimum atomic E-state index is -2.98. The Labute approximate surface area is 120 Å². The summed E-state index contributed by atoms with van der Waals surface area (Å²) in [7, 11) is -3.97. The Bertz CT molecular complexity index is 381. The van der Waals surface area contributed by atoms with E-state index in [9.17, 15) is 12.6 Å². The van der Waals surface area contributed by atoms with Crippen LogP contribution in [0, 0.1) is 5.92 Å². The molecule has 19 heavy (non-hydrogen) atoms. The zero-order valence-electron chi connectivity index (χ0n) is 12.1. The number of hydrogen-bond acceptors (Lipinski definition) is 4. The molecule has 3 atom stereocenters. The Kier molecular flexibility index (Phi) is 7.54. The van der Waals surface area contributed by atoms with Crippen molar-refractivity contribution in [3.05, 3.63) is 0 Å². The molecule has 114 valence electrons. The molecule has 0 saturated heterocycles. The molecule has 4 nitrogen and oxygen atoms in total. The Morgan fingerprint density at radius 1 is 1.26 bits per heavy atom. The Morgan fingerprint density at radius 2 is 2.00 bits per heavy atom. The van der Waals surface area contributed by atoms with Crippen LogP contribution in [0.25, 0.3) is 0 Å². The van der Waals surface area contributed by atoms with Gasteiger partial charge in [-0.25, -0.2) is 8.42 Å². The van der Waals surface area contributed by atoms with E-state index in [2.05, 4.69) is 12.2 Å². The Hall–Kier alpha value is 0.0600. The van der Waals surface area contributed by atoms with Crippen LogP contribution in [-0.4, -0.2) is 48.7 Å². The molecular weight excluding hydrogens is 282 g/mol. The third-order valence-electron chi connectivity index (χ3n) is 3.71. The summed E-state index contributed by atoms with van der Waals surface area (Å²) in [5.74, 6) is 1.60. The highest BCUT2D eigenvalue weighted by molar-refractivity contribution is 7.92. The summed E-state index contributed by atoms with van der Waals surface area (Å²) in [6.07, 6.45) is 6.99. The molecule has 1 N–H and O–H groups in total. The Balaban J connectivity index is 2.25. The molecule has 0 heterocycles. The van der Waals surface area contributed by atoms with Gasteiger partial charge in [-0.15, -0.1) is 0 Å². The van der Waals surface area contributed by atoms with Gasteiger partial charge in [-0.1, -0.05) is 13.3 Å². The molecule has 6 heteroatoms. The van der Waals surface area contributed by atoms with Gasteiger partial charge >= 0.3 is 0 Å². The van der Waals surface area contributed by atoms with Crippen LogP contribution < -0.4 is 5.32 Å². The summed E-state index contributed by atoms with van der Waals surface area (Å²) in [5.41, 5.74) is 0. The van der Waals surface area contributed by atoms with Crippen LogP contribution in [0.15, 0.2) is 0 Å². The highest BCUT2D eigenvalue weighted by Gasteiger charge is 2.26. The summed E-state index contributed by atoms with van der Waals surface area (Å²) in [4.78, 5) is 0. The lowest BCUT2D eigenvalue weighted by molar-refractivity contribution is 0.393. The molecule has 3 unspecified atom stereocenters. The van der Waals surface area contributed by atoms with Crippen LogP contribution in [0.5, 0.6) is 0 Å². The first-order valence-corrected chi connectivity index (χ1v) is 10.7. The predicted molar refractivity (Wildman–Crippen MR) is 81.6 cm³/mol. The van der Waals surface area contributed by atoms with Crippen molar-refractivity contribution in [3.8, 4) is 0 Å². The van der Waals surface area contributed by atoms with E-state index in [0.717, 1.165) is 19.4 Å². The van der Waals surface area contributed by atoms with Crippen molar-refractivity contribution < 1.29 is 12.6 Å². The number of nitrogens with one attached hydrogen (secondary N) is 1. The molecular formula is C13H27NO3S2. The molecule has 0 aliphatic heterocycles. The van der Waals surface area contributed by atoms with Crippen LogP contribution in [0.3, 0.4) is 0 Å². The van der Waals surface area contributed by atoms with Gasteiger partial charge in [-0.05, 0) is 38.1 Å². The van der Waals surface area contributed by atoms with E-state index in [1.165, 1.54) is 25.5 Å². The monoisotopic (exact) mass is 309 g/mol. The summed E-state index contributed by atoms with van der Waals surface area (Å²) in [5, 5.41) is 3.57. The minimum Gasteiger partial charge on any atom is -0.314 e. The van der Waals surface area contributed by atoms with Gasteiger partial charge in [0.15, 0.2) is 0 Å². The third kappa shape index (κ3) is 7.42. The van der Waals surface area contributed by atoms with Crippen molar-refractivity contribution in [3.63, 3.8) is 0 Å². The smallest absolute Gasteiger partial charge is 0.148 e. The molecule has 0 bridgehead atoms. The summed E-state index contributed by atoms with van der Waals surface area (Å²) in [6, 6.07) is 0.576. The number of rotatable bonds is 9. The maximum atomic E-state index is 11.8. The third-order valence-corrected chi connectivity index (χ3v) is 6.27. The summed E-state index contributed by atoms with van der Waals surface area (Å²) < 4.78 is 33.8. The van der Waals surface area contributed by atoms with Crippen LogP contribution in [-0.2, 0) is 20.6 Å². The molecule has 0 aromatic heterocycles. The SMILES string of the molecule is CCCNC1CCCC1CCS(=O)CCS(C)(=O)=O. The van der Waals surface area contributed by atoms with Gasteiger partial charge in [-0.3, -0.25) is 4.21 Å². The number of sulfone groups is 1. The highest BCUT2D eigenvalue weighted by Crippen LogP contribution is 2.28. The quantitative estimate of drug-likeness (QED) is 0.698. The molecule has 0 aromatic rings. The minimum absolute atomic E-state index is 0.0434. The second-order valence-corrected chi connectivity index (χ2v) is 9.47. The fraction of sp³-hybridized carbons (Fsp3) is 1.00. The average molecular weight is 309 g/mol. The van der Waals surface area contributed by atoms with Crippen molar-refractivity contribution in [2.24, 2.45) is 5.92 Å². The normalized spacial score (nSPS) is 25.6. The second-order valence-electron chi connectivity index (χ2n) is 5.52. The van der Waals surface area contributed by atoms with Crippen molar-refractivity contribution in [1.29, 1.82) is 0 Å². The van der Waals surface area contributed by atoms with Crippen molar-refractivity contribution >= 4 is 20.6 Å². The zero-order chi connectivity index (χ0) is 14.3. The highest BCUT2D eigenvalue weighted by atomic mass is 32.2. The van der Waals surface area contributed by atoms with Gasteiger partial charge in [0.05, 0.1) is 5.75 Å². The van der Waals surface area contributed by atoms with Crippen LogP contribution >= 0.6 is 0 Å². The molecule has 0 aromatic carbocycles. The van der Waals surface area contributed by atoms with Crippen molar-refractivity contribution in [2.45, 2.75) is 45.1 Å². The van der Waals surface area contributed by atoms with E-state index in [0.29, 0.717) is 23.5 Å². The van der Waals surface area contributed by atoms with Gasteiger partial charge < -0.3 is 5.32 Å². The van der Waals surface area contributed by atoms with Crippen molar-refractivity contribution in [1.82, 2.24) is 5.32 Å². The average Bonchev–Trinajstić information content (AvgIpc) is 2.77. The van der Waals surface area contributed by atoms with E-state index >= 15 is 0 Å². The summed E-state index contributed by atoms with van der Waals surface area (Å²) >= 11 is 0. The van der Waals surface area contributed by atoms with Crippen molar-refractivity contribution in [2.75, 3.05) is 30.1 Å². The molecule has 1 saturated carbocycles. The second kappa shape index (κ2) is 8.37. The molecule has 0 spiro atoms. The molecule has 1 aliphatic carbocycles. The lowest BCUT2D eigenvalue weighted by atomic mass is 10.0.